The Balaban J connectivity index is 2.63. The van der Waals surface area contributed by atoms with E-state index in [0.29, 0.717) is 15.7 Å². The molecule has 0 saturated heterocycles. The fraction of sp³-hybridized carbons (Fsp3) is 0.250. The highest BCUT2D eigenvalue weighted by Gasteiger charge is 2.03. The third kappa shape index (κ3) is 3.36. The predicted octanol–water partition coefficient (Wildman–Crippen LogP) is 3.67. The Morgan fingerprint density at radius 1 is 1.23 bits per heavy atom. The summed E-state index contributed by atoms with van der Waals surface area (Å²) in [4.78, 5) is 0. The van der Waals surface area contributed by atoms with Gasteiger partial charge < -0.3 is 5.32 Å². The lowest BCUT2D eigenvalue weighted by atomic mass is 10.3. The molecule has 72 valence electrons. The number of alkyl halides is 2. The van der Waals surface area contributed by atoms with E-state index in [4.69, 9.17) is 23.2 Å². The van der Waals surface area contributed by atoms with Gasteiger partial charge in [0, 0.05) is 5.69 Å². The molecular formula is C8H7Cl2F2N. The molecule has 1 rings (SSSR count). The molecule has 1 aromatic rings. The monoisotopic (exact) mass is 225 g/mol. The highest BCUT2D eigenvalue weighted by atomic mass is 35.5. The van der Waals surface area contributed by atoms with Crippen molar-refractivity contribution in [3.8, 4) is 0 Å². The van der Waals surface area contributed by atoms with E-state index in [-0.39, 0.29) is 0 Å². The SMILES string of the molecule is FC(F)CNc1ccc(Cl)c(Cl)c1. The first kappa shape index (κ1) is 10.5. The van der Waals surface area contributed by atoms with E-state index >= 15 is 0 Å². The summed E-state index contributed by atoms with van der Waals surface area (Å²) in [6.07, 6.45) is -2.38. The molecule has 0 atom stereocenters. The molecule has 1 aromatic carbocycles. The Kier molecular flexibility index (Phi) is 3.75. The van der Waals surface area contributed by atoms with Gasteiger partial charge in [0.1, 0.15) is 0 Å². The summed E-state index contributed by atoms with van der Waals surface area (Å²) < 4.78 is 23.6. The maximum Gasteiger partial charge on any atom is 0.255 e. The van der Waals surface area contributed by atoms with Gasteiger partial charge in [-0.2, -0.15) is 0 Å². The van der Waals surface area contributed by atoms with Crippen molar-refractivity contribution in [1.29, 1.82) is 0 Å². The second kappa shape index (κ2) is 4.63. The van der Waals surface area contributed by atoms with E-state index in [1.807, 2.05) is 0 Å². The van der Waals surface area contributed by atoms with E-state index in [0.717, 1.165) is 0 Å². The largest absolute Gasteiger partial charge is 0.379 e. The molecule has 0 saturated carbocycles. The van der Waals surface area contributed by atoms with Crippen LogP contribution in [-0.4, -0.2) is 13.0 Å². The number of anilines is 1. The van der Waals surface area contributed by atoms with Crippen LogP contribution in [0.3, 0.4) is 0 Å². The van der Waals surface area contributed by atoms with E-state index < -0.39 is 13.0 Å². The van der Waals surface area contributed by atoms with Crippen molar-refractivity contribution in [2.45, 2.75) is 6.43 Å². The van der Waals surface area contributed by atoms with Crippen LogP contribution in [0.4, 0.5) is 14.5 Å². The van der Waals surface area contributed by atoms with Crippen molar-refractivity contribution in [2.75, 3.05) is 11.9 Å². The minimum Gasteiger partial charge on any atom is -0.379 e. The third-order valence-corrected chi connectivity index (χ3v) is 2.12. The highest BCUT2D eigenvalue weighted by molar-refractivity contribution is 6.42. The van der Waals surface area contributed by atoms with Crippen LogP contribution in [0.15, 0.2) is 18.2 Å². The van der Waals surface area contributed by atoms with Crippen LogP contribution in [0.25, 0.3) is 0 Å². The van der Waals surface area contributed by atoms with Gasteiger partial charge in [0.15, 0.2) is 0 Å². The van der Waals surface area contributed by atoms with Crippen molar-refractivity contribution in [2.24, 2.45) is 0 Å². The van der Waals surface area contributed by atoms with Crippen LogP contribution in [-0.2, 0) is 0 Å². The second-order valence-corrected chi connectivity index (χ2v) is 3.22. The zero-order chi connectivity index (χ0) is 9.84. The van der Waals surface area contributed by atoms with Gasteiger partial charge in [-0.25, -0.2) is 8.78 Å². The van der Waals surface area contributed by atoms with Crippen molar-refractivity contribution < 1.29 is 8.78 Å². The van der Waals surface area contributed by atoms with Crippen LogP contribution in [0, 0.1) is 0 Å². The molecule has 0 aromatic heterocycles. The Morgan fingerprint density at radius 2 is 1.92 bits per heavy atom. The van der Waals surface area contributed by atoms with Crippen LogP contribution < -0.4 is 5.32 Å². The van der Waals surface area contributed by atoms with E-state index in [2.05, 4.69) is 5.32 Å². The molecule has 0 radical (unpaired) electrons. The predicted molar refractivity (Wildman–Crippen MR) is 51.0 cm³/mol. The van der Waals surface area contributed by atoms with E-state index in [1.54, 1.807) is 12.1 Å². The standard InChI is InChI=1S/C8H7Cl2F2N/c9-6-2-1-5(3-7(6)10)13-4-8(11)12/h1-3,8,13H,4H2. The summed E-state index contributed by atoms with van der Waals surface area (Å²) in [6.45, 7) is -0.391. The summed E-state index contributed by atoms with van der Waals surface area (Å²) in [5, 5.41) is 3.27. The summed E-state index contributed by atoms with van der Waals surface area (Å²) >= 11 is 11.3. The zero-order valence-corrected chi connectivity index (χ0v) is 8.04. The van der Waals surface area contributed by atoms with Crippen molar-refractivity contribution in [3.63, 3.8) is 0 Å². The number of halogens is 4. The number of hydrogen-bond donors (Lipinski definition) is 1. The molecule has 0 heterocycles. The zero-order valence-electron chi connectivity index (χ0n) is 6.53. The van der Waals surface area contributed by atoms with Gasteiger partial charge in [-0.1, -0.05) is 23.2 Å². The molecule has 13 heavy (non-hydrogen) atoms. The maximum absolute atomic E-state index is 11.8. The van der Waals surface area contributed by atoms with Gasteiger partial charge in [-0.05, 0) is 18.2 Å². The average molecular weight is 226 g/mol. The molecule has 5 heteroatoms. The topological polar surface area (TPSA) is 12.0 Å². The van der Waals surface area contributed by atoms with Crippen LogP contribution in [0.5, 0.6) is 0 Å². The molecule has 1 nitrogen and oxygen atoms in total. The van der Waals surface area contributed by atoms with Crippen LogP contribution >= 0.6 is 23.2 Å². The Morgan fingerprint density at radius 3 is 2.46 bits per heavy atom. The minimum atomic E-state index is -2.38. The van der Waals surface area contributed by atoms with Crippen molar-refractivity contribution in [1.82, 2.24) is 0 Å². The van der Waals surface area contributed by atoms with Crippen molar-refractivity contribution in [3.05, 3.63) is 28.2 Å². The van der Waals surface area contributed by atoms with Gasteiger partial charge in [0.25, 0.3) is 6.43 Å². The fourth-order valence-electron chi connectivity index (χ4n) is 0.801. The summed E-state index contributed by atoms with van der Waals surface area (Å²) in [5.74, 6) is 0. The average Bonchev–Trinajstić information content (AvgIpc) is 2.07. The smallest absolute Gasteiger partial charge is 0.255 e. The number of rotatable bonds is 3. The number of nitrogens with one attached hydrogen (secondary N) is 1. The first-order valence-electron chi connectivity index (χ1n) is 3.56. The lowest BCUT2D eigenvalue weighted by Crippen LogP contribution is -2.09. The summed E-state index contributed by atoms with van der Waals surface area (Å²) in [6, 6.07) is 4.65. The van der Waals surface area contributed by atoms with Crippen LogP contribution in [0.2, 0.25) is 10.0 Å². The first-order chi connectivity index (χ1) is 6.09. The van der Waals surface area contributed by atoms with Crippen molar-refractivity contribution >= 4 is 28.9 Å². The Hall–Kier alpha value is -0.540. The molecular weight excluding hydrogens is 219 g/mol. The van der Waals surface area contributed by atoms with E-state index in [9.17, 15) is 8.78 Å². The Labute approximate surface area is 84.6 Å². The molecule has 0 aliphatic carbocycles. The normalized spacial score (nSPS) is 10.5. The van der Waals surface area contributed by atoms with Gasteiger partial charge in [0.2, 0.25) is 0 Å². The molecule has 0 unspecified atom stereocenters. The fourth-order valence-corrected chi connectivity index (χ4v) is 1.10. The minimum absolute atomic E-state index is 0.348. The van der Waals surface area contributed by atoms with Crippen LogP contribution in [0.1, 0.15) is 0 Å². The first-order valence-corrected chi connectivity index (χ1v) is 4.32. The lowest BCUT2D eigenvalue weighted by Gasteiger charge is -2.05. The summed E-state index contributed by atoms with van der Waals surface area (Å²) in [7, 11) is 0. The molecule has 0 fully saturated rings. The number of hydrogen-bond acceptors (Lipinski definition) is 1. The second-order valence-electron chi connectivity index (χ2n) is 2.40. The van der Waals surface area contributed by atoms with Gasteiger partial charge in [-0.15, -0.1) is 0 Å². The van der Waals surface area contributed by atoms with Gasteiger partial charge in [0.05, 0.1) is 16.6 Å². The highest BCUT2D eigenvalue weighted by Crippen LogP contribution is 2.24. The maximum atomic E-state index is 11.8. The van der Waals surface area contributed by atoms with E-state index in [1.165, 1.54) is 6.07 Å². The summed E-state index contributed by atoms with van der Waals surface area (Å²) in [5.41, 5.74) is 0.537. The molecule has 0 spiro atoms. The Bertz CT molecular complexity index is 291. The molecule has 0 bridgehead atoms. The van der Waals surface area contributed by atoms with Gasteiger partial charge >= 0.3 is 0 Å². The molecule has 0 aliphatic rings. The molecule has 1 N–H and O–H groups in total. The third-order valence-electron chi connectivity index (χ3n) is 1.38. The quantitative estimate of drug-likeness (QED) is 0.828. The lowest BCUT2D eigenvalue weighted by molar-refractivity contribution is 0.163. The molecule has 0 amide bonds. The van der Waals surface area contributed by atoms with Gasteiger partial charge in [-0.3, -0.25) is 0 Å². The number of benzene rings is 1. The molecule has 0 aliphatic heterocycles.